The van der Waals surface area contributed by atoms with Crippen molar-refractivity contribution in [3.63, 3.8) is 0 Å². The molecule has 4 heteroatoms. The quantitative estimate of drug-likeness (QED) is 0.842. The number of halogens is 1. The third kappa shape index (κ3) is 4.79. The molecule has 1 saturated heterocycles. The minimum atomic E-state index is -0.165. The van der Waals surface area contributed by atoms with Gasteiger partial charge in [0.2, 0.25) is 0 Å². The van der Waals surface area contributed by atoms with Gasteiger partial charge >= 0.3 is 0 Å². The van der Waals surface area contributed by atoms with Gasteiger partial charge in [-0.1, -0.05) is 0 Å². The largest absolute Gasteiger partial charge is 0.328 e. The molecule has 2 rings (SSSR count). The number of thioether (sulfide) groups is 1. The van der Waals surface area contributed by atoms with Crippen LogP contribution in [-0.4, -0.2) is 36.3 Å². The molecule has 1 atom stereocenters. The van der Waals surface area contributed by atoms with Crippen molar-refractivity contribution in [2.24, 2.45) is 11.7 Å². The average molecular weight is 282 g/mol. The van der Waals surface area contributed by atoms with Crippen LogP contribution in [0.5, 0.6) is 0 Å². The number of nitrogens with two attached hydrogens (primary N) is 1. The van der Waals surface area contributed by atoms with Gasteiger partial charge in [0.25, 0.3) is 0 Å². The van der Waals surface area contributed by atoms with E-state index in [0.717, 1.165) is 30.3 Å². The Hall–Kier alpha value is -0.580. The van der Waals surface area contributed by atoms with Gasteiger partial charge in [-0.15, -0.1) is 11.8 Å². The number of piperidine rings is 1. The molecule has 1 aliphatic rings. The fraction of sp³-hybridized carbons (Fsp3) is 0.600. The minimum Gasteiger partial charge on any atom is -0.328 e. The van der Waals surface area contributed by atoms with E-state index in [4.69, 9.17) is 5.73 Å². The standard InChI is InChI=1S/C15H23FN2S/c1-12(17)13-6-8-18(9-7-13)10-11-19-15-4-2-14(16)3-5-15/h2-5,12-13H,6-11,17H2,1H3. The lowest BCUT2D eigenvalue weighted by Crippen LogP contribution is -2.40. The molecule has 0 saturated carbocycles. The topological polar surface area (TPSA) is 29.3 Å². The summed E-state index contributed by atoms with van der Waals surface area (Å²) in [5, 5.41) is 0. The Morgan fingerprint density at radius 1 is 1.32 bits per heavy atom. The van der Waals surface area contributed by atoms with Gasteiger partial charge in [0.15, 0.2) is 0 Å². The van der Waals surface area contributed by atoms with Crippen LogP contribution in [0.3, 0.4) is 0 Å². The molecular weight excluding hydrogens is 259 g/mol. The zero-order valence-electron chi connectivity index (χ0n) is 11.5. The maximum atomic E-state index is 12.8. The Balaban J connectivity index is 1.65. The van der Waals surface area contributed by atoms with Gasteiger partial charge in [0.1, 0.15) is 5.82 Å². The molecule has 106 valence electrons. The Labute approximate surface area is 119 Å². The maximum absolute atomic E-state index is 12.8. The molecule has 2 N–H and O–H groups in total. The van der Waals surface area contributed by atoms with Gasteiger partial charge in [-0.2, -0.15) is 0 Å². The molecule has 0 radical (unpaired) electrons. The normalized spacial score (nSPS) is 19.5. The summed E-state index contributed by atoms with van der Waals surface area (Å²) < 4.78 is 12.8. The summed E-state index contributed by atoms with van der Waals surface area (Å²) in [6.45, 7) is 5.55. The molecule has 0 bridgehead atoms. The number of benzene rings is 1. The predicted octanol–water partition coefficient (Wildman–Crippen LogP) is 2.98. The van der Waals surface area contributed by atoms with Gasteiger partial charge in [0, 0.05) is 23.2 Å². The number of hydrogen-bond acceptors (Lipinski definition) is 3. The Bertz CT molecular complexity index is 372. The third-order valence-electron chi connectivity index (χ3n) is 3.87. The van der Waals surface area contributed by atoms with E-state index < -0.39 is 0 Å². The molecule has 1 fully saturated rings. The van der Waals surface area contributed by atoms with Crippen LogP contribution in [0.2, 0.25) is 0 Å². The average Bonchev–Trinajstić information content (AvgIpc) is 2.41. The van der Waals surface area contributed by atoms with Crippen LogP contribution in [0, 0.1) is 11.7 Å². The number of hydrogen-bond donors (Lipinski definition) is 1. The molecule has 19 heavy (non-hydrogen) atoms. The molecule has 1 aliphatic heterocycles. The highest BCUT2D eigenvalue weighted by atomic mass is 32.2. The van der Waals surface area contributed by atoms with Crippen molar-refractivity contribution in [2.75, 3.05) is 25.4 Å². The summed E-state index contributed by atoms with van der Waals surface area (Å²) in [7, 11) is 0. The highest BCUT2D eigenvalue weighted by Crippen LogP contribution is 2.21. The Morgan fingerprint density at radius 2 is 1.95 bits per heavy atom. The van der Waals surface area contributed by atoms with Crippen LogP contribution in [0.1, 0.15) is 19.8 Å². The third-order valence-corrected chi connectivity index (χ3v) is 4.86. The smallest absolute Gasteiger partial charge is 0.123 e. The van der Waals surface area contributed by atoms with Gasteiger partial charge in [-0.25, -0.2) is 4.39 Å². The van der Waals surface area contributed by atoms with Gasteiger partial charge in [-0.3, -0.25) is 0 Å². The molecule has 1 aromatic carbocycles. The first-order valence-electron chi connectivity index (χ1n) is 7.01. The number of likely N-dealkylation sites (tertiary alicyclic amines) is 1. The van der Waals surface area contributed by atoms with E-state index in [1.165, 1.54) is 25.0 Å². The lowest BCUT2D eigenvalue weighted by Gasteiger charge is -2.33. The van der Waals surface area contributed by atoms with E-state index in [1.54, 1.807) is 11.8 Å². The van der Waals surface area contributed by atoms with Crippen molar-refractivity contribution in [2.45, 2.75) is 30.7 Å². The Morgan fingerprint density at radius 3 is 2.53 bits per heavy atom. The molecule has 1 aromatic rings. The summed E-state index contributed by atoms with van der Waals surface area (Å²) in [5.74, 6) is 1.59. The molecule has 0 aromatic heterocycles. The summed E-state index contributed by atoms with van der Waals surface area (Å²) in [6, 6.07) is 7.08. The van der Waals surface area contributed by atoms with Crippen molar-refractivity contribution < 1.29 is 4.39 Å². The monoisotopic (exact) mass is 282 g/mol. The molecule has 1 heterocycles. The van der Waals surface area contributed by atoms with Crippen molar-refractivity contribution in [3.05, 3.63) is 30.1 Å². The first kappa shape index (κ1) is 14.8. The highest BCUT2D eigenvalue weighted by molar-refractivity contribution is 7.99. The highest BCUT2D eigenvalue weighted by Gasteiger charge is 2.21. The molecule has 0 aliphatic carbocycles. The minimum absolute atomic E-state index is 0.165. The molecule has 2 nitrogen and oxygen atoms in total. The lowest BCUT2D eigenvalue weighted by molar-refractivity contribution is 0.181. The van der Waals surface area contributed by atoms with Crippen LogP contribution in [0.25, 0.3) is 0 Å². The van der Waals surface area contributed by atoms with Gasteiger partial charge < -0.3 is 10.6 Å². The van der Waals surface area contributed by atoms with Crippen LogP contribution >= 0.6 is 11.8 Å². The van der Waals surface area contributed by atoms with Crippen LogP contribution in [0.15, 0.2) is 29.2 Å². The van der Waals surface area contributed by atoms with Crippen molar-refractivity contribution in [3.8, 4) is 0 Å². The van der Waals surface area contributed by atoms with E-state index in [2.05, 4.69) is 11.8 Å². The van der Waals surface area contributed by atoms with Crippen LogP contribution < -0.4 is 5.73 Å². The first-order chi connectivity index (χ1) is 9.15. The zero-order chi connectivity index (χ0) is 13.7. The van der Waals surface area contributed by atoms with Crippen LogP contribution in [-0.2, 0) is 0 Å². The second-order valence-electron chi connectivity index (χ2n) is 5.34. The van der Waals surface area contributed by atoms with Crippen molar-refractivity contribution in [1.29, 1.82) is 0 Å². The predicted molar refractivity (Wildman–Crippen MR) is 79.9 cm³/mol. The second-order valence-corrected chi connectivity index (χ2v) is 6.51. The SMILES string of the molecule is CC(N)C1CCN(CCSc2ccc(F)cc2)CC1. The van der Waals surface area contributed by atoms with Crippen molar-refractivity contribution in [1.82, 2.24) is 4.90 Å². The van der Waals surface area contributed by atoms with E-state index in [1.807, 2.05) is 12.1 Å². The second kappa shape index (κ2) is 7.27. The van der Waals surface area contributed by atoms with E-state index in [-0.39, 0.29) is 5.82 Å². The van der Waals surface area contributed by atoms with Gasteiger partial charge in [0.05, 0.1) is 0 Å². The molecule has 1 unspecified atom stereocenters. The van der Waals surface area contributed by atoms with E-state index >= 15 is 0 Å². The maximum Gasteiger partial charge on any atom is 0.123 e. The fourth-order valence-electron chi connectivity index (χ4n) is 2.53. The van der Waals surface area contributed by atoms with Crippen molar-refractivity contribution >= 4 is 11.8 Å². The van der Waals surface area contributed by atoms with Gasteiger partial charge in [-0.05, 0) is 63.0 Å². The van der Waals surface area contributed by atoms with Crippen LogP contribution in [0.4, 0.5) is 4.39 Å². The number of nitrogens with zero attached hydrogens (tertiary/aromatic N) is 1. The molecule has 0 spiro atoms. The van der Waals surface area contributed by atoms with E-state index in [9.17, 15) is 4.39 Å². The zero-order valence-corrected chi connectivity index (χ0v) is 12.3. The number of rotatable bonds is 5. The summed E-state index contributed by atoms with van der Waals surface area (Å²) in [5.41, 5.74) is 5.95. The summed E-state index contributed by atoms with van der Waals surface area (Å²) in [6.07, 6.45) is 2.44. The Kier molecular flexibility index (Phi) is 5.67. The summed E-state index contributed by atoms with van der Waals surface area (Å²) >= 11 is 1.80. The summed E-state index contributed by atoms with van der Waals surface area (Å²) in [4.78, 5) is 3.65. The molecular formula is C15H23FN2S. The van der Waals surface area contributed by atoms with E-state index in [0.29, 0.717) is 12.0 Å². The lowest BCUT2D eigenvalue weighted by atomic mass is 9.91. The molecule has 0 amide bonds. The first-order valence-corrected chi connectivity index (χ1v) is 8.00. The fourth-order valence-corrected chi connectivity index (χ4v) is 3.44.